The molecule has 0 saturated carbocycles. The molecule has 0 aromatic heterocycles. The van der Waals surface area contributed by atoms with Crippen molar-refractivity contribution in [1.82, 2.24) is 0 Å². The molecule has 0 atom stereocenters. The van der Waals surface area contributed by atoms with Crippen molar-refractivity contribution in [3.63, 3.8) is 0 Å². The second-order valence-electron chi connectivity index (χ2n) is 3.07. The zero-order chi connectivity index (χ0) is 9.97. The summed E-state index contributed by atoms with van der Waals surface area (Å²) in [7, 11) is 0. The molecular formula is C12H10OS. The summed E-state index contributed by atoms with van der Waals surface area (Å²) in [5.41, 5.74) is 1.85. The van der Waals surface area contributed by atoms with Crippen LogP contribution >= 0.6 is 12.6 Å². The predicted molar refractivity (Wildman–Crippen MR) is 60.8 cm³/mol. The number of hydrogen-bond acceptors (Lipinski definition) is 2. The highest BCUT2D eigenvalue weighted by Gasteiger charge is 2.02. The minimum Gasteiger partial charge on any atom is -0.507 e. The first kappa shape index (κ1) is 9.16. The van der Waals surface area contributed by atoms with Crippen LogP contribution in [0.4, 0.5) is 0 Å². The van der Waals surface area contributed by atoms with Gasteiger partial charge in [0.1, 0.15) is 5.75 Å². The standard InChI is InChI=1S/C12H10OS/c13-12-8-10(14)6-7-11(12)9-4-2-1-3-5-9/h1-8,13-14H. The molecule has 2 rings (SSSR count). The van der Waals surface area contributed by atoms with E-state index < -0.39 is 0 Å². The van der Waals surface area contributed by atoms with Crippen molar-refractivity contribution in [3.8, 4) is 16.9 Å². The maximum atomic E-state index is 9.70. The Morgan fingerprint density at radius 2 is 1.64 bits per heavy atom. The summed E-state index contributed by atoms with van der Waals surface area (Å²) in [6.45, 7) is 0. The van der Waals surface area contributed by atoms with Crippen LogP contribution in [0.2, 0.25) is 0 Å². The quantitative estimate of drug-likeness (QED) is 0.679. The lowest BCUT2D eigenvalue weighted by atomic mass is 10.1. The van der Waals surface area contributed by atoms with Crippen molar-refractivity contribution in [1.29, 1.82) is 0 Å². The molecule has 0 amide bonds. The minimum absolute atomic E-state index is 0.267. The van der Waals surface area contributed by atoms with Crippen molar-refractivity contribution in [2.24, 2.45) is 0 Å². The third-order valence-corrected chi connectivity index (χ3v) is 2.34. The molecule has 0 fully saturated rings. The third kappa shape index (κ3) is 1.75. The van der Waals surface area contributed by atoms with Gasteiger partial charge in [-0.2, -0.15) is 0 Å². The van der Waals surface area contributed by atoms with E-state index >= 15 is 0 Å². The van der Waals surface area contributed by atoms with Gasteiger partial charge in [0.25, 0.3) is 0 Å². The lowest BCUT2D eigenvalue weighted by molar-refractivity contribution is 0.476. The highest BCUT2D eigenvalue weighted by molar-refractivity contribution is 7.80. The first-order valence-electron chi connectivity index (χ1n) is 4.35. The molecular weight excluding hydrogens is 192 g/mol. The molecule has 2 heteroatoms. The molecule has 0 spiro atoms. The third-order valence-electron chi connectivity index (χ3n) is 2.07. The normalized spacial score (nSPS) is 10.1. The van der Waals surface area contributed by atoms with Gasteiger partial charge < -0.3 is 5.11 Å². The van der Waals surface area contributed by atoms with Gasteiger partial charge in [0, 0.05) is 10.5 Å². The first-order chi connectivity index (χ1) is 6.77. The molecule has 0 saturated heterocycles. The van der Waals surface area contributed by atoms with Gasteiger partial charge >= 0.3 is 0 Å². The van der Waals surface area contributed by atoms with Crippen molar-refractivity contribution in [2.75, 3.05) is 0 Å². The number of thiol groups is 1. The average molecular weight is 202 g/mol. The van der Waals surface area contributed by atoms with E-state index in [0.29, 0.717) is 0 Å². The number of phenols is 1. The Labute approximate surface area is 88.4 Å². The van der Waals surface area contributed by atoms with Gasteiger partial charge in [-0.3, -0.25) is 0 Å². The van der Waals surface area contributed by atoms with Gasteiger partial charge in [-0.25, -0.2) is 0 Å². The van der Waals surface area contributed by atoms with E-state index in [1.807, 2.05) is 42.5 Å². The zero-order valence-electron chi connectivity index (χ0n) is 7.51. The van der Waals surface area contributed by atoms with Gasteiger partial charge in [0.05, 0.1) is 0 Å². The second kappa shape index (κ2) is 3.76. The van der Waals surface area contributed by atoms with Crippen LogP contribution in [0.25, 0.3) is 11.1 Å². The summed E-state index contributed by atoms with van der Waals surface area (Å²) in [5.74, 6) is 0.267. The van der Waals surface area contributed by atoms with Crippen LogP contribution in [-0.2, 0) is 0 Å². The fraction of sp³-hybridized carbons (Fsp3) is 0. The molecule has 2 aromatic carbocycles. The van der Waals surface area contributed by atoms with Crippen LogP contribution in [0.3, 0.4) is 0 Å². The van der Waals surface area contributed by atoms with Crippen molar-refractivity contribution < 1.29 is 5.11 Å². The lowest BCUT2D eigenvalue weighted by Gasteiger charge is -2.04. The largest absolute Gasteiger partial charge is 0.507 e. The van der Waals surface area contributed by atoms with Crippen LogP contribution in [-0.4, -0.2) is 5.11 Å². The fourth-order valence-electron chi connectivity index (χ4n) is 1.38. The van der Waals surface area contributed by atoms with Crippen LogP contribution in [0.15, 0.2) is 53.4 Å². The van der Waals surface area contributed by atoms with E-state index in [9.17, 15) is 5.11 Å². The smallest absolute Gasteiger partial charge is 0.124 e. The van der Waals surface area contributed by atoms with Crippen molar-refractivity contribution in [3.05, 3.63) is 48.5 Å². The number of phenolic OH excluding ortho intramolecular Hbond substituents is 1. The Morgan fingerprint density at radius 3 is 2.29 bits per heavy atom. The molecule has 0 aliphatic rings. The van der Waals surface area contributed by atoms with E-state index in [1.54, 1.807) is 6.07 Å². The fourth-order valence-corrected chi connectivity index (χ4v) is 1.58. The monoisotopic (exact) mass is 202 g/mol. The summed E-state index contributed by atoms with van der Waals surface area (Å²) in [5, 5.41) is 9.70. The molecule has 0 unspecified atom stereocenters. The van der Waals surface area contributed by atoms with E-state index in [0.717, 1.165) is 16.0 Å². The lowest BCUT2D eigenvalue weighted by Crippen LogP contribution is -1.78. The van der Waals surface area contributed by atoms with Gasteiger partial charge in [-0.05, 0) is 23.8 Å². The summed E-state index contributed by atoms with van der Waals surface area (Å²) in [4.78, 5) is 0.766. The summed E-state index contributed by atoms with van der Waals surface area (Å²) < 4.78 is 0. The second-order valence-corrected chi connectivity index (χ2v) is 3.58. The highest BCUT2D eigenvalue weighted by Crippen LogP contribution is 2.30. The van der Waals surface area contributed by atoms with E-state index in [2.05, 4.69) is 12.6 Å². The number of benzene rings is 2. The van der Waals surface area contributed by atoms with Gasteiger partial charge in [-0.1, -0.05) is 30.3 Å². The highest BCUT2D eigenvalue weighted by atomic mass is 32.1. The Balaban J connectivity index is 2.53. The summed E-state index contributed by atoms with van der Waals surface area (Å²) in [6.07, 6.45) is 0. The molecule has 2 aromatic rings. The molecule has 0 aliphatic carbocycles. The number of rotatable bonds is 1. The van der Waals surface area contributed by atoms with E-state index in [1.165, 1.54) is 0 Å². The maximum Gasteiger partial charge on any atom is 0.124 e. The topological polar surface area (TPSA) is 20.2 Å². The molecule has 0 bridgehead atoms. The van der Waals surface area contributed by atoms with Crippen LogP contribution in [0.5, 0.6) is 5.75 Å². The Morgan fingerprint density at radius 1 is 0.929 bits per heavy atom. The van der Waals surface area contributed by atoms with Gasteiger partial charge in [-0.15, -0.1) is 12.6 Å². The number of aromatic hydroxyl groups is 1. The average Bonchev–Trinajstić information content (AvgIpc) is 2.19. The van der Waals surface area contributed by atoms with Crippen molar-refractivity contribution in [2.45, 2.75) is 4.90 Å². The molecule has 0 aliphatic heterocycles. The van der Waals surface area contributed by atoms with Gasteiger partial charge in [0.2, 0.25) is 0 Å². The minimum atomic E-state index is 0.267. The molecule has 1 N–H and O–H groups in total. The van der Waals surface area contributed by atoms with Gasteiger partial charge in [0.15, 0.2) is 0 Å². The van der Waals surface area contributed by atoms with Crippen LogP contribution in [0, 0.1) is 0 Å². The predicted octanol–water partition coefficient (Wildman–Crippen LogP) is 3.35. The zero-order valence-corrected chi connectivity index (χ0v) is 8.41. The maximum absolute atomic E-state index is 9.70. The molecule has 70 valence electrons. The summed E-state index contributed by atoms with van der Waals surface area (Å²) >= 11 is 4.15. The Kier molecular flexibility index (Phi) is 2.46. The molecule has 14 heavy (non-hydrogen) atoms. The van der Waals surface area contributed by atoms with E-state index in [-0.39, 0.29) is 5.75 Å². The Hall–Kier alpha value is -1.41. The summed E-state index contributed by atoms with van der Waals surface area (Å²) in [6, 6.07) is 15.2. The first-order valence-corrected chi connectivity index (χ1v) is 4.79. The SMILES string of the molecule is Oc1cc(S)ccc1-c1ccccc1. The van der Waals surface area contributed by atoms with Crippen LogP contribution < -0.4 is 0 Å². The molecule has 0 radical (unpaired) electrons. The van der Waals surface area contributed by atoms with Crippen molar-refractivity contribution >= 4 is 12.6 Å². The molecule has 1 nitrogen and oxygen atoms in total. The Bertz CT molecular complexity index is 437. The molecule has 0 heterocycles. The van der Waals surface area contributed by atoms with E-state index in [4.69, 9.17) is 0 Å². The number of hydrogen-bond donors (Lipinski definition) is 2. The van der Waals surface area contributed by atoms with Crippen LogP contribution in [0.1, 0.15) is 0 Å².